The van der Waals surface area contributed by atoms with Crippen LogP contribution in [0.5, 0.6) is 11.8 Å². The van der Waals surface area contributed by atoms with E-state index in [9.17, 15) is 19.8 Å². The molecule has 2 amide bonds. The van der Waals surface area contributed by atoms with E-state index in [1.807, 2.05) is 76.2 Å². The number of hydrogen-bond acceptors (Lipinski definition) is 16. The molecule has 3 fully saturated rings. The van der Waals surface area contributed by atoms with Crippen LogP contribution in [-0.4, -0.2) is 138 Å². The van der Waals surface area contributed by atoms with Gasteiger partial charge in [-0.3, -0.25) is 14.7 Å². The zero-order valence-electron chi connectivity index (χ0n) is 45.9. The number of rotatable bonds is 20. The lowest BCUT2D eigenvalue weighted by Crippen LogP contribution is -2.50. The van der Waals surface area contributed by atoms with Gasteiger partial charge < -0.3 is 44.9 Å². The normalized spacial score (nSPS) is 18.5. The molecule has 4 aromatic heterocycles. The minimum Gasteiger partial charge on any atom is -0.486 e. The van der Waals surface area contributed by atoms with Gasteiger partial charge in [-0.2, -0.15) is 15.1 Å². The van der Waals surface area contributed by atoms with Gasteiger partial charge in [0.1, 0.15) is 48.1 Å². The summed E-state index contributed by atoms with van der Waals surface area (Å²) in [7, 11) is 3.68. The number of nitrogens with zero attached hydrogens (tertiary/aromatic N) is 9. The summed E-state index contributed by atoms with van der Waals surface area (Å²) >= 11 is 1.54. The highest BCUT2D eigenvalue weighted by atomic mass is 32.1. The Kier molecular flexibility index (Phi) is 15.7. The molecule has 2 aliphatic heterocycles. The fourth-order valence-electron chi connectivity index (χ4n) is 11.2. The number of aromatic nitrogens is 8. The first-order chi connectivity index (χ1) is 38.7. The Morgan fingerprint density at radius 2 is 1.76 bits per heavy atom. The van der Waals surface area contributed by atoms with Gasteiger partial charge in [0.15, 0.2) is 5.75 Å². The monoisotopic (exact) mass is 1110 g/mol. The van der Waals surface area contributed by atoms with E-state index in [0.29, 0.717) is 45.0 Å². The standard InChI is InChI=1S/C59H67FN12O7S/c1-31(2)53(58(76)71-25-41(74)20-49(71)57(75)64-48(27-73)38-14-16-39(17-15-38)55-34(5)62-30-80-55)72-26-47(68-69-72)37-10-8-35(9-11-37)29-78-54-51(50-33(4)45(60)22-46-44(50)24-63-67-46)42(36-12-13-36)21-43-52(54)65-59(79-28-32(3)77-7)66-56(43)70(6)40-18-19-61-23-40/h8-11,14-17,21-22,24,26,30-32,36,40-41,48-49,53,61,73-74H,12-13,18-20,23,25,27-29H2,1-7H3,(H,63,67)(H,64,75)/t32?,40-,41-,48?,49+,53?/m1/s1. The molecular formula is C59H67FN12O7S. The van der Waals surface area contributed by atoms with Crippen LogP contribution in [0, 0.1) is 25.6 Å². The second-order valence-corrected chi connectivity index (χ2v) is 22.6. The minimum atomic E-state index is -0.982. The predicted octanol–water partition coefficient (Wildman–Crippen LogP) is 7.99. The number of thiazole rings is 1. The Labute approximate surface area is 466 Å². The van der Waals surface area contributed by atoms with E-state index >= 15 is 4.39 Å². The second kappa shape index (κ2) is 23.0. The first-order valence-corrected chi connectivity index (χ1v) is 28.2. The first kappa shape index (κ1) is 54.5. The van der Waals surface area contributed by atoms with Crippen LogP contribution in [0.2, 0.25) is 0 Å². The Morgan fingerprint density at radius 3 is 2.45 bits per heavy atom. The van der Waals surface area contributed by atoms with Crippen molar-refractivity contribution in [1.29, 1.82) is 0 Å². The molecule has 11 rings (SSSR count). The third-order valence-electron chi connectivity index (χ3n) is 15.9. The Bertz CT molecular complexity index is 3540. The van der Waals surface area contributed by atoms with Crippen LogP contribution in [0.4, 0.5) is 10.2 Å². The van der Waals surface area contributed by atoms with Crippen molar-refractivity contribution in [3.8, 4) is 44.6 Å². The number of fused-ring (bicyclic) bond motifs is 2. The van der Waals surface area contributed by atoms with Crippen molar-refractivity contribution in [2.24, 2.45) is 5.92 Å². The molecule has 0 radical (unpaired) electrons. The number of aliphatic hydroxyl groups excluding tert-OH is 2. The van der Waals surface area contributed by atoms with Crippen LogP contribution in [0.15, 0.2) is 78.6 Å². The molecular weight excluding hydrogens is 1040 g/mol. The Morgan fingerprint density at radius 1 is 0.988 bits per heavy atom. The molecule has 0 bridgehead atoms. The molecule has 1 aliphatic carbocycles. The van der Waals surface area contributed by atoms with Gasteiger partial charge in [0.2, 0.25) is 11.8 Å². The highest BCUT2D eigenvalue weighted by Gasteiger charge is 2.43. The van der Waals surface area contributed by atoms with Crippen LogP contribution < -0.4 is 25.0 Å². The van der Waals surface area contributed by atoms with E-state index in [0.717, 1.165) is 81.5 Å². The SMILES string of the molecule is COC(C)COc1nc(N(C)[C@@H]2CCNC2)c2cc(C3CC3)c(-c3c(C)c(F)cc4[nH]ncc34)c(OCc3ccc(-c4cn(C(C(=O)N5C[C@H](O)C[C@H]5C(=O)NC(CO)c5ccc(-c6scnc6C)cc5)C(C)C)nn4)cc3)c2n1. The maximum Gasteiger partial charge on any atom is 0.319 e. The largest absolute Gasteiger partial charge is 0.486 e. The fraction of sp³-hybridized carbons (Fsp3) is 0.424. The number of halogens is 1. The van der Waals surface area contributed by atoms with Crippen molar-refractivity contribution in [2.45, 2.75) is 109 Å². The number of likely N-dealkylation sites (N-methyl/N-ethyl adjacent to an activating group) is 1. The summed E-state index contributed by atoms with van der Waals surface area (Å²) in [6.45, 7) is 11.1. The molecule has 0 spiro atoms. The smallest absolute Gasteiger partial charge is 0.319 e. The lowest BCUT2D eigenvalue weighted by atomic mass is 9.88. The van der Waals surface area contributed by atoms with Crippen LogP contribution in [-0.2, 0) is 20.9 Å². The number of aryl methyl sites for hydroxylation is 1. The van der Waals surface area contributed by atoms with Crippen LogP contribution in [0.25, 0.3) is 54.6 Å². The zero-order chi connectivity index (χ0) is 55.9. The summed E-state index contributed by atoms with van der Waals surface area (Å²) in [4.78, 5) is 47.8. The van der Waals surface area contributed by atoms with Gasteiger partial charge in [0.25, 0.3) is 0 Å². The molecule has 8 aromatic rings. The van der Waals surface area contributed by atoms with Crippen LogP contribution in [0.1, 0.15) is 92.4 Å². The molecule has 6 atom stereocenters. The Hall–Kier alpha value is -7.43. The van der Waals surface area contributed by atoms with Crippen LogP contribution >= 0.6 is 11.3 Å². The number of benzene rings is 4. The molecule has 3 unspecified atom stereocenters. The number of anilines is 1. The fourth-order valence-corrected chi connectivity index (χ4v) is 12.0. The summed E-state index contributed by atoms with van der Waals surface area (Å²) in [5.41, 5.74) is 10.5. The average Bonchev–Trinajstić information content (AvgIpc) is 3.62. The van der Waals surface area contributed by atoms with Crippen molar-refractivity contribution in [2.75, 3.05) is 51.9 Å². The van der Waals surface area contributed by atoms with Crippen molar-refractivity contribution in [3.63, 3.8) is 0 Å². The molecule has 3 aliphatic rings. The number of nitrogens with one attached hydrogen (secondary N) is 3. The summed E-state index contributed by atoms with van der Waals surface area (Å²) in [5.74, 6) is -0.113. The number of carbonyl (C=O) groups is 2. The molecule has 5 N–H and O–H groups in total. The summed E-state index contributed by atoms with van der Waals surface area (Å²) < 4.78 is 36.5. The zero-order valence-corrected chi connectivity index (χ0v) is 46.8. The van der Waals surface area contributed by atoms with Crippen LogP contribution in [0.3, 0.4) is 0 Å². The van der Waals surface area contributed by atoms with Gasteiger partial charge in [-0.1, -0.05) is 67.6 Å². The lowest BCUT2D eigenvalue weighted by molar-refractivity contribution is -0.142. The molecule has 418 valence electrons. The molecule has 1 saturated carbocycles. The van der Waals surface area contributed by atoms with E-state index in [4.69, 9.17) is 24.2 Å². The van der Waals surface area contributed by atoms with E-state index in [-0.39, 0.29) is 74.5 Å². The third-order valence-corrected chi connectivity index (χ3v) is 16.9. The highest BCUT2D eigenvalue weighted by Crippen LogP contribution is 2.53. The Balaban J connectivity index is 0.872. The number of aliphatic hydroxyl groups is 2. The third kappa shape index (κ3) is 10.8. The topological polar surface area (TPSA) is 231 Å². The second-order valence-electron chi connectivity index (χ2n) is 21.8. The van der Waals surface area contributed by atoms with Gasteiger partial charge in [0.05, 0.1) is 58.8 Å². The van der Waals surface area contributed by atoms with Crippen molar-refractivity contribution in [3.05, 3.63) is 112 Å². The van der Waals surface area contributed by atoms with Gasteiger partial charge in [-0.05, 0) is 98.4 Å². The van der Waals surface area contributed by atoms with E-state index in [2.05, 4.69) is 54.1 Å². The molecule has 80 heavy (non-hydrogen) atoms. The van der Waals surface area contributed by atoms with Crippen molar-refractivity contribution >= 4 is 50.8 Å². The maximum atomic E-state index is 16.1. The molecule has 19 nitrogen and oxygen atoms in total. The molecule has 2 saturated heterocycles. The number of ether oxygens (including phenoxy) is 3. The summed E-state index contributed by atoms with van der Waals surface area (Å²) in [6, 6.07) is 16.7. The van der Waals surface area contributed by atoms with E-state index < -0.39 is 30.1 Å². The first-order valence-electron chi connectivity index (χ1n) is 27.3. The van der Waals surface area contributed by atoms with Gasteiger partial charge in [0, 0.05) is 67.2 Å². The van der Waals surface area contributed by atoms with E-state index in [1.165, 1.54) is 27.0 Å². The number of hydrogen-bond donors (Lipinski definition) is 5. The predicted molar refractivity (Wildman–Crippen MR) is 303 cm³/mol. The number of likely N-dealkylation sites (tertiary alicyclic amines) is 1. The van der Waals surface area contributed by atoms with Gasteiger partial charge in [-0.25, -0.2) is 14.1 Å². The number of β-amino-alcohol motifs (C(OH)–C–C–N with tert-alkyl or cyclic N) is 1. The van der Waals surface area contributed by atoms with Crippen molar-refractivity contribution in [1.82, 2.24) is 55.7 Å². The summed E-state index contributed by atoms with van der Waals surface area (Å²) in [5, 5.41) is 45.6. The number of amides is 2. The molecule has 21 heteroatoms. The lowest BCUT2D eigenvalue weighted by Gasteiger charge is -2.30. The number of aromatic amines is 1. The van der Waals surface area contributed by atoms with Crippen molar-refractivity contribution < 1.29 is 38.4 Å². The average molecular weight is 1110 g/mol. The summed E-state index contributed by atoms with van der Waals surface area (Å²) in [6.07, 6.45) is 5.20. The number of carbonyl (C=O) groups excluding carboxylic acids is 2. The number of H-pyrrole nitrogens is 1. The molecule has 6 heterocycles. The van der Waals surface area contributed by atoms with E-state index in [1.54, 1.807) is 31.9 Å². The molecule has 4 aromatic carbocycles. The quantitative estimate of drug-likeness (QED) is 0.0487. The van der Waals surface area contributed by atoms with Gasteiger partial charge >= 0.3 is 6.01 Å². The maximum absolute atomic E-state index is 16.1. The highest BCUT2D eigenvalue weighted by molar-refractivity contribution is 7.13. The minimum absolute atomic E-state index is 0.0401. The van der Waals surface area contributed by atoms with Gasteiger partial charge in [-0.15, -0.1) is 16.4 Å². The number of methoxy groups -OCH3 is 1.